The molecule has 0 aromatic heterocycles. The van der Waals surface area contributed by atoms with Gasteiger partial charge in [-0.2, -0.15) is 8.42 Å². The van der Waals surface area contributed by atoms with Crippen LogP contribution in [0, 0.1) is 5.92 Å². The Balaban J connectivity index is 2.05. The first-order valence-electron chi connectivity index (χ1n) is 7.30. The summed E-state index contributed by atoms with van der Waals surface area (Å²) in [4.78, 5) is 0. The fraction of sp³-hybridized carbons (Fsp3) is 0.412. The highest BCUT2D eigenvalue weighted by Crippen LogP contribution is 2.36. The monoisotopic (exact) mass is 322 g/mol. The zero-order valence-electron chi connectivity index (χ0n) is 12.9. The Labute approximate surface area is 132 Å². The molecule has 4 nitrogen and oxygen atoms in total. The molecule has 1 aliphatic carbocycles. The van der Waals surface area contributed by atoms with Crippen LogP contribution in [0.1, 0.15) is 25.8 Å². The maximum Gasteiger partial charge on any atom is 0.274 e. The van der Waals surface area contributed by atoms with E-state index in [1.807, 2.05) is 43.3 Å². The number of allylic oxidation sites excluding steroid dienone is 3. The van der Waals surface area contributed by atoms with E-state index >= 15 is 0 Å². The largest absolute Gasteiger partial charge is 0.376 e. The zero-order chi connectivity index (χ0) is 16.2. The second kappa shape index (κ2) is 6.77. The van der Waals surface area contributed by atoms with Crippen molar-refractivity contribution >= 4 is 10.1 Å². The Kier molecular flexibility index (Phi) is 5.21. The van der Waals surface area contributed by atoms with Crippen molar-refractivity contribution in [1.82, 2.24) is 0 Å². The third kappa shape index (κ3) is 3.66. The van der Waals surface area contributed by atoms with Crippen LogP contribution in [0.5, 0.6) is 0 Å². The Morgan fingerprint density at radius 2 is 2.00 bits per heavy atom. The van der Waals surface area contributed by atoms with Gasteiger partial charge in [0.25, 0.3) is 10.1 Å². The summed E-state index contributed by atoms with van der Waals surface area (Å²) in [6, 6.07) is 9.70. The van der Waals surface area contributed by atoms with Gasteiger partial charge in [0.1, 0.15) is 4.75 Å². The molecule has 22 heavy (non-hydrogen) atoms. The van der Waals surface area contributed by atoms with Crippen LogP contribution >= 0.6 is 0 Å². The van der Waals surface area contributed by atoms with Crippen molar-refractivity contribution in [1.29, 1.82) is 0 Å². The molecule has 1 aromatic rings. The van der Waals surface area contributed by atoms with Crippen LogP contribution in [0.4, 0.5) is 0 Å². The van der Waals surface area contributed by atoms with E-state index in [1.54, 1.807) is 19.1 Å². The number of benzene rings is 1. The van der Waals surface area contributed by atoms with Gasteiger partial charge < -0.3 is 4.74 Å². The molecule has 0 heterocycles. The first-order valence-corrected chi connectivity index (χ1v) is 8.74. The molecule has 120 valence electrons. The molecule has 0 radical (unpaired) electrons. The summed E-state index contributed by atoms with van der Waals surface area (Å²) in [7, 11) is -4.22. The average Bonchev–Trinajstić information content (AvgIpc) is 2.48. The molecule has 1 aliphatic rings. The van der Waals surface area contributed by atoms with Gasteiger partial charge in [-0.05, 0) is 18.9 Å². The lowest BCUT2D eigenvalue weighted by Gasteiger charge is -2.34. The summed E-state index contributed by atoms with van der Waals surface area (Å²) in [5.74, 6) is -0.355. The van der Waals surface area contributed by atoms with Crippen LogP contribution < -0.4 is 0 Å². The second-order valence-electron chi connectivity index (χ2n) is 5.82. The van der Waals surface area contributed by atoms with E-state index < -0.39 is 14.9 Å². The maximum absolute atomic E-state index is 11.9. The predicted molar refractivity (Wildman–Crippen MR) is 87.1 cm³/mol. The molecule has 1 N–H and O–H groups in total. The smallest absolute Gasteiger partial charge is 0.274 e. The summed E-state index contributed by atoms with van der Waals surface area (Å²) >= 11 is 0. The van der Waals surface area contributed by atoms with Crippen LogP contribution in [-0.2, 0) is 21.5 Å². The minimum Gasteiger partial charge on any atom is -0.376 e. The van der Waals surface area contributed by atoms with Gasteiger partial charge in [0.15, 0.2) is 0 Å². The first-order chi connectivity index (χ1) is 10.3. The molecule has 0 spiro atoms. The van der Waals surface area contributed by atoms with Crippen molar-refractivity contribution in [3.8, 4) is 0 Å². The molecule has 5 heteroatoms. The third-order valence-electron chi connectivity index (χ3n) is 4.17. The Morgan fingerprint density at radius 3 is 2.55 bits per heavy atom. The molecule has 1 aromatic carbocycles. The summed E-state index contributed by atoms with van der Waals surface area (Å²) in [5.41, 5.74) is 2.03. The summed E-state index contributed by atoms with van der Waals surface area (Å²) < 4.78 is 37.9. The quantitative estimate of drug-likeness (QED) is 0.816. The van der Waals surface area contributed by atoms with Gasteiger partial charge in [0.05, 0.1) is 13.2 Å². The Hall–Kier alpha value is -1.43. The van der Waals surface area contributed by atoms with E-state index in [9.17, 15) is 13.0 Å². The lowest BCUT2D eigenvalue weighted by atomic mass is 9.86. The third-order valence-corrected chi connectivity index (χ3v) is 5.83. The molecule has 0 fully saturated rings. The van der Waals surface area contributed by atoms with Gasteiger partial charge in [0, 0.05) is 5.92 Å². The van der Waals surface area contributed by atoms with E-state index in [4.69, 9.17) is 4.74 Å². The lowest BCUT2D eigenvalue weighted by molar-refractivity contribution is 0.0822. The van der Waals surface area contributed by atoms with E-state index in [0.717, 1.165) is 11.1 Å². The van der Waals surface area contributed by atoms with Crippen LogP contribution in [0.15, 0.2) is 54.1 Å². The van der Waals surface area contributed by atoms with Crippen LogP contribution in [0.25, 0.3) is 0 Å². The van der Waals surface area contributed by atoms with Gasteiger partial charge in [-0.3, -0.25) is 4.55 Å². The minimum absolute atomic E-state index is 0.256. The van der Waals surface area contributed by atoms with Gasteiger partial charge >= 0.3 is 0 Å². The molecule has 0 saturated heterocycles. The van der Waals surface area contributed by atoms with Gasteiger partial charge in [-0.25, -0.2) is 0 Å². The van der Waals surface area contributed by atoms with Crippen LogP contribution in [0.2, 0.25) is 0 Å². The topological polar surface area (TPSA) is 63.6 Å². The van der Waals surface area contributed by atoms with Crippen LogP contribution in [0.3, 0.4) is 0 Å². The standard InChI is InChI=1S/C17H22O4S/c1-14-8-10-17(11-9-14,22(18,19)20)15(2)12-21-13-16-6-4-3-5-7-16/h3-10,15H,11-13H2,1-2H3,(H,18,19,20)/t15?,17-/m1/s1. The lowest BCUT2D eigenvalue weighted by Crippen LogP contribution is -2.45. The fourth-order valence-electron chi connectivity index (χ4n) is 2.61. The van der Waals surface area contributed by atoms with Crippen molar-refractivity contribution in [2.24, 2.45) is 5.92 Å². The molecule has 0 amide bonds. The molecular weight excluding hydrogens is 300 g/mol. The minimum atomic E-state index is -4.22. The maximum atomic E-state index is 11.9. The summed E-state index contributed by atoms with van der Waals surface area (Å²) in [6.45, 7) is 4.37. The summed E-state index contributed by atoms with van der Waals surface area (Å²) in [5, 5.41) is 0. The van der Waals surface area contributed by atoms with Crippen molar-refractivity contribution in [3.05, 3.63) is 59.7 Å². The number of ether oxygens (including phenoxy) is 1. The highest BCUT2D eigenvalue weighted by molar-refractivity contribution is 7.87. The highest BCUT2D eigenvalue weighted by Gasteiger charge is 2.45. The molecule has 1 unspecified atom stereocenters. The van der Waals surface area contributed by atoms with Crippen LogP contribution in [-0.4, -0.2) is 24.3 Å². The number of hydrogen-bond donors (Lipinski definition) is 1. The molecule has 0 bridgehead atoms. The fourth-order valence-corrected chi connectivity index (χ4v) is 3.72. The molecule has 0 saturated carbocycles. The number of rotatable bonds is 6. The molecule has 2 atom stereocenters. The Morgan fingerprint density at radius 1 is 1.32 bits per heavy atom. The van der Waals surface area contributed by atoms with Crippen molar-refractivity contribution < 1.29 is 17.7 Å². The van der Waals surface area contributed by atoms with Gasteiger partial charge in [0.2, 0.25) is 0 Å². The molecular formula is C17H22O4S. The van der Waals surface area contributed by atoms with Crippen molar-refractivity contribution in [2.75, 3.05) is 6.61 Å². The normalized spacial score (nSPS) is 23.1. The highest BCUT2D eigenvalue weighted by atomic mass is 32.2. The van der Waals surface area contributed by atoms with E-state index in [-0.39, 0.29) is 18.9 Å². The van der Waals surface area contributed by atoms with Crippen molar-refractivity contribution in [2.45, 2.75) is 31.6 Å². The second-order valence-corrected chi connectivity index (χ2v) is 7.53. The average molecular weight is 322 g/mol. The zero-order valence-corrected chi connectivity index (χ0v) is 13.7. The van der Waals surface area contributed by atoms with Gasteiger partial charge in [-0.1, -0.05) is 61.1 Å². The predicted octanol–water partition coefficient (Wildman–Crippen LogP) is 3.37. The SMILES string of the molecule is CC1=CC[C@](C(C)COCc2ccccc2)(S(=O)(=O)O)C=C1. The summed E-state index contributed by atoms with van der Waals surface area (Å²) in [6.07, 6.45) is 5.44. The van der Waals surface area contributed by atoms with E-state index in [0.29, 0.717) is 6.61 Å². The number of hydrogen-bond acceptors (Lipinski definition) is 3. The Bertz CT molecular complexity index is 661. The van der Waals surface area contributed by atoms with Crippen molar-refractivity contribution in [3.63, 3.8) is 0 Å². The van der Waals surface area contributed by atoms with Gasteiger partial charge in [-0.15, -0.1) is 0 Å². The first kappa shape index (κ1) is 16.9. The van der Waals surface area contributed by atoms with E-state index in [1.165, 1.54) is 0 Å². The molecule has 0 aliphatic heterocycles. The van der Waals surface area contributed by atoms with E-state index in [2.05, 4.69) is 0 Å². The molecule has 2 rings (SSSR count).